The van der Waals surface area contributed by atoms with Crippen molar-refractivity contribution in [3.05, 3.63) is 88.6 Å². The molecule has 3 rings (SSSR count). The van der Waals surface area contributed by atoms with Crippen LogP contribution in [0.15, 0.2) is 71.9 Å². The predicted octanol–water partition coefficient (Wildman–Crippen LogP) is 2.27. The van der Waals surface area contributed by atoms with E-state index < -0.39 is 5.91 Å². The highest BCUT2D eigenvalue weighted by Crippen LogP contribution is 2.13. The molecule has 0 fully saturated rings. The summed E-state index contributed by atoms with van der Waals surface area (Å²) in [7, 11) is 0. The summed E-state index contributed by atoms with van der Waals surface area (Å²) in [6.07, 6.45) is 4.57. The van der Waals surface area contributed by atoms with Crippen LogP contribution in [-0.4, -0.2) is 21.8 Å². The number of anilines is 2. The molecule has 3 aromatic rings. The Hall–Kier alpha value is -3.74. The van der Waals surface area contributed by atoms with Gasteiger partial charge in [-0.2, -0.15) is 0 Å². The number of benzene rings is 1. The van der Waals surface area contributed by atoms with Crippen molar-refractivity contribution in [2.45, 2.75) is 0 Å². The second kappa shape index (κ2) is 7.22. The van der Waals surface area contributed by atoms with Crippen LogP contribution >= 0.6 is 0 Å². The van der Waals surface area contributed by atoms with Gasteiger partial charge in [0.25, 0.3) is 11.8 Å². The molecular weight excluding hydrogens is 320 g/mol. The zero-order chi connectivity index (χ0) is 17.6. The molecule has 124 valence electrons. The number of nitrogens with one attached hydrogen (secondary N) is 3. The fourth-order valence-corrected chi connectivity index (χ4v) is 2.13. The molecule has 2 heterocycles. The molecule has 7 nitrogen and oxygen atoms in total. The van der Waals surface area contributed by atoms with Gasteiger partial charge in [0, 0.05) is 35.3 Å². The summed E-state index contributed by atoms with van der Waals surface area (Å²) in [4.78, 5) is 41.8. The van der Waals surface area contributed by atoms with Crippen molar-refractivity contribution in [2.24, 2.45) is 0 Å². The van der Waals surface area contributed by atoms with E-state index in [4.69, 9.17) is 0 Å². The SMILES string of the molecule is O=C(Nc1cccnc1)c1ccc(NC(=O)c2cc[nH]c(=O)c2)cc1. The second-order valence-corrected chi connectivity index (χ2v) is 5.17. The Bertz CT molecular complexity index is 950. The molecule has 2 aromatic heterocycles. The summed E-state index contributed by atoms with van der Waals surface area (Å²) in [5.41, 5.74) is 1.46. The Morgan fingerprint density at radius 2 is 1.60 bits per heavy atom. The fraction of sp³-hybridized carbons (Fsp3) is 0. The van der Waals surface area contributed by atoms with Crippen LogP contribution in [0.1, 0.15) is 20.7 Å². The first-order valence-electron chi connectivity index (χ1n) is 7.43. The number of aromatic amines is 1. The van der Waals surface area contributed by atoms with Crippen molar-refractivity contribution < 1.29 is 9.59 Å². The van der Waals surface area contributed by atoms with Crippen LogP contribution in [0.5, 0.6) is 0 Å². The molecule has 0 aliphatic carbocycles. The molecule has 7 heteroatoms. The van der Waals surface area contributed by atoms with Gasteiger partial charge in [-0.15, -0.1) is 0 Å². The summed E-state index contributed by atoms with van der Waals surface area (Å²) in [5, 5.41) is 5.39. The first kappa shape index (κ1) is 16.1. The van der Waals surface area contributed by atoms with Gasteiger partial charge >= 0.3 is 0 Å². The van der Waals surface area contributed by atoms with Gasteiger partial charge in [-0.1, -0.05) is 0 Å². The zero-order valence-corrected chi connectivity index (χ0v) is 13.0. The lowest BCUT2D eigenvalue weighted by molar-refractivity contribution is 0.101. The highest BCUT2D eigenvalue weighted by atomic mass is 16.2. The fourth-order valence-electron chi connectivity index (χ4n) is 2.13. The van der Waals surface area contributed by atoms with Gasteiger partial charge in [0.2, 0.25) is 5.56 Å². The second-order valence-electron chi connectivity index (χ2n) is 5.17. The number of hydrogen-bond donors (Lipinski definition) is 3. The van der Waals surface area contributed by atoms with E-state index in [-0.39, 0.29) is 17.0 Å². The Morgan fingerprint density at radius 1 is 0.880 bits per heavy atom. The first-order chi connectivity index (χ1) is 12.1. The van der Waals surface area contributed by atoms with E-state index >= 15 is 0 Å². The number of aromatic nitrogens is 2. The smallest absolute Gasteiger partial charge is 0.255 e. The molecular formula is C18H14N4O3. The molecule has 0 radical (unpaired) electrons. The minimum atomic E-state index is -0.404. The molecule has 2 amide bonds. The summed E-state index contributed by atoms with van der Waals surface area (Å²) in [5.74, 6) is -0.681. The maximum Gasteiger partial charge on any atom is 0.255 e. The highest BCUT2D eigenvalue weighted by Gasteiger charge is 2.09. The number of pyridine rings is 2. The number of amides is 2. The average Bonchev–Trinajstić information content (AvgIpc) is 2.63. The van der Waals surface area contributed by atoms with E-state index in [1.807, 2.05) is 0 Å². The van der Waals surface area contributed by atoms with Crippen LogP contribution in [0.25, 0.3) is 0 Å². The van der Waals surface area contributed by atoms with Crippen molar-refractivity contribution in [1.82, 2.24) is 9.97 Å². The topological polar surface area (TPSA) is 104 Å². The molecule has 0 spiro atoms. The third-order valence-electron chi connectivity index (χ3n) is 3.36. The van der Waals surface area contributed by atoms with Crippen molar-refractivity contribution in [3.63, 3.8) is 0 Å². The third-order valence-corrected chi connectivity index (χ3v) is 3.36. The lowest BCUT2D eigenvalue weighted by atomic mass is 10.2. The van der Waals surface area contributed by atoms with E-state index in [1.165, 1.54) is 18.3 Å². The van der Waals surface area contributed by atoms with Crippen molar-refractivity contribution in [2.75, 3.05) is 10.6 Å². The molecule has 0 saturated carbocycles. The molecule has 0 saturated heterocycles. The number of rotatable bonds is 4. The van der Waals surface area contributed by atoms with Crippen LogP contribution in [0.3, 0.4) is 0 Å². The predicted molar refractivity (Wildman–Crippen MR) is 93.6 cm³/mol. The summed E-state index contributed by atoms with van der Waals surface area (Å²) >= 11 is 0. The molecule has 0 bridgehead atoms. The normalized spacial score (nSPS) is 10.1. The van der Waals surface area contributed by atoms with Gasteiger partial charge in [-0.3, -0.25) is 19.4 Å². The van der Waals surface area contributed by atoms with E-state index in [0.29, 0.717) is 16.9 Å². The number of H-pyrrole nitrogens is 1. The molecule has 0 aliphatic rings. The van der Waals surface area contributed by atoms with Crippen LogP contribution in [0.4, 0.5) is 11.4 Å². The lowest BCUT2D eigenvalue weighted by Crippen LogP contribution is -2.16. The third kappa shape index (κ3) is 4.17. The van der Waals surface area contributed by atoms with E-state index in [0.717, 1.165) is 0 Å². The minimum Gasteiger partial charge on any atom is -0.329 e. The highest BCUT2D eigenvalue weighted by molar-refractivity contribution is 6.06. The zero-order valence-electron chi connectivity index (χ0n) is 13.0. The molecule has 0 aliphatic heterocycles. The monoisotopic (exact) mass is 334 g/mol. The molecule has 0 atom stereocenters. The van der Waals surface area contributed by atoms with Crippen molar-refractivity contribution in [1.29, 1.82) is 0 Å². The van der Waals surface area contributed by atoms with Gasteiger partial charge in [-0.25, -0.2) is 0 Å². The van der Waals surface area contributed by atoms with E-state index in [9.17, 15) is 14.4 Å². The maximum atomic E-state index is 12.1. The van der Waals surface area contributed by atoms with E-state index in [1.54, 1.807) is 48.8 Å². The molecule has 1 aromatic carbocycles. The Kier molecular flexibility index (Phi) is 4.66. The summed E-state index contributed by atoms with van der Waals surface area (Å²) in [6.45, 7) is 0. The standard InChI is InChI=1S/C18H14N4O3/c23-16-10-13(7-9-20-16)18(25)21-14-5-3-12(4-6-14)17(24)22-15-2-1-8-19-11-15/h1-11H,(H,20,23)(H,21,25)(H,22,24). The number of hydrogen-bond acceptors (Lipinski definition) is 4. The van der Waals surface area contributed by atoms with E-state index in [2.05, 4.69) is 20.6 Å². The quantitative estimate of drug-likeness (QED) is 0.681. The van der Waals surface area contributed by atoms with Gasteiger partial charge in [0.1, 0.15) is 0 Å². The largest absolute Gasteiger partial charge is 0.329 e. The number of carbonyl (C=O) groups is 2. The van der Waals surface area contributed by atoms with Gasteiger partial charge in [-0.05, 0) is 42.5 Å². The number of nitrogens with zero attached hydrogens (tertiary/aromatic N) is 1. The maximum absolute atomic E-state index is 12.1. The summed E-state index contributed by atoms with van der Waals surface area (Å²) in [6, 6.07) is 12.6. The molecule has 25 heavy (non-hydrogen) atoms. The lowest BCUT2D eigenvalue weighted by Gasteiger charge is -2.07. The average molecular weight is 334 g/mol. The van der Waals surface area contributed by atoms with Gasteiger partial charge < -0.3 is 15.6 Å². The Morgan fingerprint density at radius 3 is 2.28 bits per heavy atom. The van der Waals surface area contributed by atoms with Crippen LogP contribution in [0.2, 0.25) is 0 Å². The first-order valence-corrected chi connectivity index (χ1v) is 7.43. The van der Waals surface area contributed by atoms with Gasteiger partial charge in [0.05, 0.1) is 11.9 Å². The summed E-state index contributed by atoms with van der Waals surface area (Å²) < 4.78 is 0. The van der Waals surface area contributed by atoms with Crippen molar-refractivity contribution >= 4 is 23.2 Å². The van der Waals surface area contributed by atoms with Crippen LogP contribution < -0.4 is 16.2 Å². The van der Waals surface area contributed by atoms with Crippen LogP contribution in [-0.2, 0) is 0 Å². The van der Waals surface area contributed by atoms with Gasteiger partial charge in [0.15, 0.2) is 0 Å². The number of carbonyl (C=O) groups excluding carboxylic acids is 2. The Labute approximate surface area is 142 Å². The molecule has 0 unspecified atom stereocenters. The molecule has 3 N–H and O–H groups in total. The van der Waals surface area contributed by atoms with Crippen molar-refractivity contribution in [3.8, 4) is 0 Å². The van der Waals surface area contributed by atoms with Crippen LogP contribution in [0, 0.1) is 0 Å². The Balaban J connectivity index is 1.67. The minimum absolute atomic E-state index is 0.252.